The second-order valence-electron chi connectivity index (χ2n) is 5.66. The zero-order valence-corrected chi connectivity index (χ0v) is 12.2. The van der Waals surface area contributed by atoms with Gasteiger partial charge in [0.05, 0.1) is 26.4 Å². The summed E-state index contributed by atoms with van der Waals surface area (Å²) < 4.78 is 10.8. The Bertz CT molecular complexity index is 477. The minimum absolute atomic E-state index is 0.172. The molecule has 0 radical (unpaired) electrons. The Morgan fingerprint density at radius 3 is 3.05 bits per heavy atom. The third-order valence-corrected chi connectivity index (χ3v) is 4.64. The van der Waals surface area contributed by atoms with Crippen molar-refractivity contribution in [1.29, 1.82) is 0 Å². The Hall–Kier alpha value is -1.10. The fraction of sp³-hybridized carbons (Fsp3) is 0.625. The van der Waals surface area contributed by atoms with Gasteiger partial charge in [0.1, 0.15) is 5.75 Å². The molecule has 0 aromatic heterocycles. The molecule has 3 unspecified atom stereocenters. The average molecular weight is 277 g/mol. The standard InChI is InChI=1S/C16H23NO3/c1-3-12-10-20-7-6-17(12)15-8-11-4-5-13(19-2)9-14(11)16(15)18/h4-5,9,12,15-16,18H,3,6-8,10H2,1-2H3. The van der Waals surface area contributed by atoms with E-state index < -0.39 is 6.10 Å². The molecule has 0 bridgehead atoms. The SMILES string of the molecule is CCC1COCCN1C1Cc2ccc(OC)cc2C1O. The van der Waals surface area contributed by atoms with Crippen molar-refractivity contribution in [2.75, 3.05) is 26.9 Å². The van der Waals surface area contributed by atoms with Gasteiger partial charge >= 0.3 is 0 Å². The molecule has 1 aromatic rings. The number of benzene rings is 1. The molecule has 4 heteroatoms. The van der Waals surface area contributed by atoms with E-state index in [-0.39, 0.29) is 6.04 Å². The summed E-state index contributed by atoms with van der Waals surface area (Å²) >= 11 is 0. The van der Waals surface area contributed by atoms with Gasteiger partial charge in [-0.3, -0.25) is 4.90 Å². The summed E-state index contributed by atoms with van der Waals surface area (Å²) in [5, 5.41) is 10.7. The Kier molecular flexibility index (Phi) is 3.96. The molecule has 0 saturated carbocycles. The van der Waals surface area contributed by atoms with Crippen LogP contribution in [0.25, 0.3) is 0 Å². The van der Waals surface area contributed by atoms with E-state index in [2.05, 4.69) is 17.9 Å². The van der Waals surface area contributed by atoms with Crippen LogP contribution in [-0.4, -0.2) is 49.0 Å². The lowest BCUT2D eigenvalue weighted by molar-refractivity contribution is -0.0559. The molecular weight excluding hydrogens is 254 g/mol. The second kappa shape index (κ2) is 5.72. The number of ether oxygens (including phenoxy) is 2. The Labute approximate surface area is 120 Å². The number of nitrogens with zero attached hydrogens (tertiary/aromatic N) is 1. The molecule has 4 nitrogen and oxygen atoms in total. The molecule has 3 rings (SSSR count). The first-order valence-corrected chi connectivity index (χ1v) is 7.43. The third-order valence-electron chi connectivity index (χ3n) is 4.64. The number of hydrogen-bond donors (Lipinski definition) is 1. The van der Waals surface area contributed by atoms with E-state index in [1.54, 1.807) is 7.11 Å². The summed E-state index contributed by atoms with van der Waals surface area (Å²) in [6, 6.07) is 6.62. The highest BCUT2D eigenvalue weighted by molar-refractivity contribution is 5.42. The molecule has 1 saturated heterocycles. The highest BCUT2D eigenvalue weighted by Gasteiger charge is 2.38. The molecule has 1 aromatic carbocycles. The number of fused-ring (bicyclic) bond motifs is 1. The van der Waals surface area contributed by atoms with Crippen LogP contribution in [0.2, 0.25) is 0 Å². The monoisotopic (exact) mass is 277 g/mol. The normalized spacial score (nSPS) is 30.2. The maximum absolute atomic E-state index is 10.7. The van der Waals surface area contributed by atoms with Gasteiger partial charge in [-0.05, 0) is 36.1 Å². The lowest BCUT2D eigenvalue weighted by atomic mass is 10.0. The van der Waals surface area contributed by atoms with Crippen molar-refractivity contribution < 1.29 is 14.6 Å². The summed E-state index contributed by atoms with van der Waals surface area (Å²) in [4.78, 5) is 2.43. The van der Waals surface area contributed by atoms with Gasteiger partial charge < -0.3 is 14.6 Å². The summed E-state index contributed by atoms with van der Waals surface area (Å²) in [6.45, 7) is 4.63. The van der Waals surface area contributed by atoms with E-state index in [4.69, 9.17) is 9.47 Å². The Balaban J connectivity index is 1.83. The molecule has 1 aliphatic carbocycles. The van der Waals surface area contributed by atoms with Crippen molar-refractivity contribution in [1.82, 2.24) is 4.90 Å². The lowest BCUT2D eigenvalue weighted by Crippen LogP contribution is -2.51. The van der Waals surface area contributed by atoms with Gasteiger partial charge in [-0.15, -0.1) is 0 Å². The van der Waals surface area contributed by atoms with Crippen LogP contribution < -0.4 is 4.74 Å². The predicted octanol–water partition coefficient (Wildman–Crippen LogP) is 1.76. The van der Waals surface area contributed by atoms with Gasteiger partial charge in [0.2, 0.25) is 0 Å². The van der Waals surface area contributed by atoms with Crippen molar-refractivity contribution in [2.24, 2.45) is 0 Å². The van der Waals surface area contributed by atoms with Crippen LogP contribution in [-0.2, 0) is 11.2 Å². The van der Waals surface area contributed by atoms with Gasteiger partial charge in [0, 0.05) is 18.6 Å². The van der Waals surface area contributed by atoms with E-state index in [1.807, 2.05) is 12.1 Å². The topological polar surface area (TPSA) is 41.9 Å². The predicted molar refractivity (Wildman–Crippen MR) is 77.0 cm³/mol. The van der Waals surface area contributed by atoms with Crippen molar-refractivity contribution >= 4 is 0 Å². The molecular formula is C16H23NO3. The molecule has 110 valence electrons. The van der Waals surface area contributed by atoms with Crippen LogP contribution >= 0.6 is 0 Å². The minimum Gasteiger partial charge on any atom is -0.497 e. The van der Waals surface area contributed by atoms with E-state index in [0.29, 0.717) is 6.04 Å². The molecule has 0 amide bonds. The van der Waals surface area contributed by atoms with Crippen molar-refractivity contribution in [3.05, 3.63) is 29.3 Å². The smallest absolute Gasteiger partial charge is 0.119 e. The van der Waals surface area contributed by atoms with Crippen LogP contribution in [0, 0.1) is 0 Å². The number of aliphatic hydroxyl groups is 1. The van der Waals surface area contributed by atoms with E-state index in [1.165, 1.54) is 5.56 Å². The molecule has 0 spiro atoms. The first kappa shape index (κ1) is 13.9. The Morgan fingerprint density at radius 1 is 1.45 bits per heavy atom. The van der Waals surface area contributed by atoms with Crippen LogP contribution in [0.15, 0.2) is 18.2 Å². The van der Waals surface area contributed by atoms with Gasteiger partial charge in [-0.25, -0.2) is 0 Å². The minimum atomic E-state index is -0.424. The molecule has 1 aliphatic heterocycles. The van der Waals surface area contributed by atoms with E-state index in [9.17, 15) is 5.11 Å². The number of aliphatic hydroxyl groups excluding tert-OH is 1. The fourth-order valence-corrected chi connectivity index (χ4v) is 3.46. The largest absolute Gasteiger partial charge is 0.497 e. The zero-order valence-electron chi connectivity index (χ0n) is 12.2. The van der Waals surface area contributed by atoms with Crippen LogP contribution in [0.5, 0.6) is 5.75 Å². The van der Waals surface area contributed by atoms with Crippen molar-refractivity contribution in [3.63, 3.8) is 0 Å². The maximum Gasteiger partial charge on any atom is 0.119 e. The molecule has 20 heavy (non-hydrogen) atoms. The molecule has 2 aliphatic rings. The van der Waals surface area contributed by atoms with E-state index in [0.717, 1.165) is 43.9 Å². The zero-order chi connectivity index (χ0) is 14.1. The van der Waals surface area contributed by atoms with Crippen molar-refractivity contribution in [2.45, 2.75) is 38.0 Å². The number of rotatable bonds is 3. The Morgan fingerprint density at radius 2 is 2.30 bits per heavy atom. The molecule has 3 atom stereocenters. The first-order chi connectivity index (χ1) is 9.74. The summed E-state index contributed by atoms with van der Waals surface area (Å²) in [6.07, 6.45) is 1.55. The van der Waals surface area contributed by atoms with Crippen LogP contribution in [0.3, 0.4) is 0 Å². The van der Waals surface area contributed by atoms with Gasteiger partial charge in [-0.1, -0.05) is 13.0 Å². The fourth-order valence-electron chi connectivity index (χ4n) is 3.46. The summed E-state index contributed by atoms with van der Waals surface area (Å²) in [5.41, 5.74) is 2.26. The van der Waals surface area contributed by atoms with Gasteiger partial charge in [-0.2, -0.15) is 0 Å². The highest BCUT2D eigenvalue weighted by atomic mass is 16.5. The van der Waals surface area contributed by atoms with Gasteiger partial charge in [0.25, 0.3) is 0 Å². The molecule has 1 N–H and O–H groups in total. The van der Waals surface area contributed by atoms with Crippen LogP contribution in [0.1, 0.15) is 30.6 Å². The van der Waals surface area contributed by atoms with Crippen LogP contribution in [0.4, 0.5) is 0 Å². The second-order valence-corrected chi connectivity index (χ2v) is 5.66. The highest BCUT2D eigenvalue weighted by Crippen LogP contribution is 2.38. The number of methoxy groups -OCH3 is 1. The quantitative estimate of drug-likeness (QED) is 0.914. The number of morpholine rings is 1. The maximum atomic E-state index is 10.7. The van der Waals surface area contributed by atoms with E-state index >= 15 is 0 Å². The number of hydrogen-bond acceptors (Lipinski definition) is 4. The molecule has 1 fully saturated rings. The first-order valence-electron chi connectivity index (χ1n) is 7.43. The average Bonchev–Trinajstić information content (AvgIpc) is 2.83. The lowest BCUT2D eigenvalue weighted by Gasteiger charge is -2.40. The van der Waals surface area contributed by atoms with Gasteiger partial charge in [0.15, 0.2) is 0 Å². The third kappa shape index (κ3) is 2.32. The van der Waals surface area contributed by atoms with Crippen molar-refractivity contribution in [3.8, 4) is 5.75 Å². The molecule has 1 heterocycles. The summed E-state index contributed by atoms with van der Waals surface area (Å²) in [7, 11) is 1.66. The summed E-state index contributed by atoms with van der Waals surface area (Å²) in [5.74, 6) is 0.817.